The van der Waals surface area contributed by atoms with Gasteiger partial charge in [-0.05, 0) is 37.0 Å². The summed E-state index contributed by atoms with van der Waals surface area (Å²) < 4.78 is 5.13. The van der Waals surface area contributed by atoms with E-state index in [4.69, 9.17) is 4.74 Å². The molecule has 0 aliphatic rings. The number of thioether (sulfide) groups is 1. The Kier molecular flexibility index (Phi) is 7.58. The Labute approximate surface area is 114 Å². The molecule has 0 spiro atoms. The lowest BCUT2D eigenvalue weighted by molar-refractivity contribution is -0.109. The van der Waals surface area contributed by atoms with E-state index in [0.717, 1.165) is 24.3 Å². The van der Waals surface area contributed by atoms with E-state index in [0.29, 0.717) is 0 Å². The number of unbranched alkanes of at least 4 members (excludes halogenated alkanes) is 3. The van der Waals surface area contributed by atoms with Crippen molar-refractivity contribution in [1.29, 1.82) is 0 Å². The third kappa shape index (κ3) is 6.70. The van der Waals surface area contributed by atoms with Gasteiger partial charge in [0.05, 0.1) is 7.11 Å². The smallest absolute Gasteiger partial charge is 0.185 e. The van der Waals surface area contributed by atoms with Crippen LogP contribution < -0.4 is 4.74 Å². The summed E-state index contributed by atoms with van der Waals surface area (Å²) in [6, 6.07) is 8.28. The highest BCUT2D eigenvalue weighted by molar-refractivity contribution is 8.13. The fourth-order valence-electron chi connectivity index (χ4n) is 1.79. The molecule has 0 aromatic heterocycles. The van der Waals surface area contributed by atoms with E-state index in [1.807, 2.05) is 12.1 Å². The van der Waals surface area contributed by atoms with E-state index in [2.05, 4.69) is 12.1 Å². The molecule has 3 heteroatoms. The second kappa shape index (κ2) is 9.03. The van der Waals surface area contributed by atoms with Crippen molar-refractivity contribution in [3.05, 3.63) is 29.8 Å². The van der Waals surface area contributed by atoms with Gasteiger partial charge in [-0.2, -0.15) is 0 Å². The summed E-state index contributed by atoms with van der Waals surface area (Å²) in [6.07, 6.45) is 5.95. The van der Waals surface area contributed by atoms with E-state index in [-0.39, 0.29) is 5.12 Å². The maximum Gasteiger partial charge on any atom is 0.185 e. The lowest BCUT2D eigenvalue weighted by Gasteiger charge is -2.03. The number of benzene rings is 1. The molecule has 18 heavy (non-hydrogen) atoms. The Morgan fingerprint density at radius 1 is 1.11 bits per heavy atom. The van der Waals surface area contributed by atoms with E-state index >= 15 is 0 Å². The summed E-state index contributed by atoms with van der Waals surface area (Å²) in [5.41, 5.74) is 1.37. The van der Waals surface area contributed by atoms with Crippen LogP contribution in [0.4, 0.5) is 0 Å². The molecule has 0 saturated heterocycles. The highest BCUT2D eigenvalue weighted by Crippen LogP contribution is 2.14. The third-order valence-electron chi connectivity index (χ3n) is 2.82. The van der Waals surface area contributed by atoms with Gasteiger partial charge in [0.25, 0.3) is 0 Å². The summed E-state index contributed by atoms with van der Waals surface area (Å²) in [7, 11) is 1.69. The number of rotatable bonds is 8. The number of methoxy groups -OCH3 is 1. The van der Waals surface area contributed by atoms with Crippen molar-refractivity contribution >= 4 is 16.9 Å². The number of hydrogen-bond donors (Lipinski definition) is 0. The lowest BCUT2D eigenvalue weighted by Crippen LogP contribution is -1.89. The molecule has 1 aromatic rings. The van der Waals surface area contributed by atoms with Crippen molar-refractivity contribution in [3.8, 4) is 5.75 Å². The van der Waals surface area contributed by atoms with Gasteiger partial charge in [0.15, 0.2) is 5.12 Å². The van der Waals surface area contributed by atoms with Crippen LogP contribution in [-0.4, -0.2) is 18.0 Å². The van der Waals surface area contributed by atoms with Crippen LogP contribution >= 0.6 is 11.8 Å². The average molecular weight is 266 g/mol. The van der Waals surface area contributed by atoms with Crippen LogP contribution in [0.15, 0.2) is 24.3 Å². The molecule has 0 heterocycles. The first-order chi connectivity index (χ1) is 8.72. The number of carbonyl (C=O) groups is 1. The van der Waals surface area contributed by atoms with Crippen molar-refractivity contribution in [3.63, 3.8) is 0 Å². The van der Waals surface area contributed by atoms with Crippen molar-refractivity contribution in [2.24, 2.45) is 0 Å². The second-order valence-electron chi connectivity index (χ2n) is 4.35. The van der Waals surface area contributed by atoms with Crippen LogP contribution in [0.1, 0.15) is 38.2 Å². The zero-order valence-electron chi connectivity index (χ0n) is 11.3. The lowest BCUT2D eigenvalue weighted by atomic mass is 10.1. The first-order valence-electron chi connectivity index (χ1n) is 6.48. The van der Waals surface area contributed by atoms with Gasteiger partial charge >= 0.3 is 0 Å². The molecule has 0 radical (unpaired) electrons. The maximum atomic E-state index is 10.7. The van der Waals surface area contributed by atoms with Crippen molar-refractivity contribution < 1.29 is 9.53 Å². The molecule has 0 unspecified atom stereocenters. The van der Waals surface area contributed by atoms with Crippen LogP contribution in [0, 0.1) is 0 Å². The molecule has 100 valence electrons. The van der Waals surface area contributed by atoms with Gasteiger partial charge in [0.1, 0.15) is 5.75 Å². The minimum Gasteiger partial charge on any atom is -0.497 e. The topological polar surface area (TPSA) is 26.3 Å². The number of carbonyl (C=O) groups excluding carboxylic acids is 1. The van der Waals surface area contributed by atoms with Gasteiger partial charge in [-0.15, -0.1) is 0 Å². The second-order valence-corrected chi connectivity index (χ2v) is 5.62. The van der Waals surface area contributed by atoms with Gasteiger partial charge in [-0.1, -0.05) is 36.7 Å². The molecule has 2 nitrogen and oxygen atoms in total. The van der Waals surface area contributed by atoms with Gasteiger partial charge in [0.2, 0.25) is 0 Å². The van der Waals surface area contributed by atoms with E-state index in [1.165, 1.54) is 36.6 Å². The maximum absolute atomic E-state index is 10.7. The van der Waals surface area contributed by atoms with Gasteiger partial charge in [-0.3, -0.25) is 4.79 Å². The van der Waals surface area contributed by atoms with Crippen LogP contribution in [-0.2, 0) is 11.2 Å². The van der Waals surface area contributed by atoms with Crippen LogP contribution in [0.5, 0.6) is 5.75 Å². The van der Waals surface area contributed by atoms with Gasteiger partial charge < -0.3 is 4.74 Å². The molecule has 0 fully saturated rings. The summed E-state index contributed by atoms with van der Waals surface area (Å²) in [5, 5.41) is 0.230. The molecule has 1 rings (SSSR count). The average Bonchev–Trinajstić information content (AvgIpc) is 2.38. The highest BCUT2D eigenvalue weighted by atomic mass is 32.2. The Bertz CT molecular complexity index is 346. The zero-order valence-corrected chi connectivity index (χ0v) is 12.1. The third-order valence-corrected chi connectivity index (χ3v) is 3.72. The molecule has 0 aliphatic carbocycles. The SMILES string of the molecule is COc1ccc(CCCCCCSC(C)=O)cc1. The highest BCUT2D eigenvalue weighted by Gasteiger charge is 1.97. The van der Waals surface area contributed by atoms with E-state index in [1.54, 1.807) is 14.0 Å². The molecule has 0 bridgehead atoms. The Hall–Kier alpha value is -0.960. The number of ether oxygens (including phenoxy) is 1. The van der Waals surface area contributed by atoms with Gasteiger partial charge in [-0.25, -0.2) is 0 Å². The molecule has 0 N–H and O–H groups in total. The number of aryl methyl sites for hydroxylation is 1. The van der Waals surface area contributed by atoms with Crippen molar-refractivity contribution in [2.75, 3.05) is 12.9 Å². The molecule has 0 atom stereocenters. The van der Waals surface area contributed by atoms with Crippen molar-refractivity contribution in [1.82, 2.24) is 0 Å². The molecule has 1 aromatic carbocycles. The van der Waals surface area contributed by atoms with Crippen molar-refractivity contribution in [2.45, 2.75) is 39.0 Å². The van der Waals surface area contributed by atoms with E-state index < -0.39 is 0 Å². The first-order valence-corrected chi connectivity index (χ1v) is 7.47. The largest absolute Gasteiger partial charge is 0.497 e. The zero-order chi connectivity index (χ0) is 13.2. The molecular weight excluding hydrogens is 244 g/mol. The molecular formula is C15H22O2S. The summed E-state index contributed by atoms with van der Waals surface area (Å²) in [5.74, 6) is 1.89. The fraction of sp³-hybridized carbons (Fsp3) is 0.533. The Balaban J connectivity index is 2.05. The molecule has 0 saturated carbocycles. The van der Waals surface area contributed by atoms with Gasteiger partial charge in [0, 0.05) is 12.7 Å². The quantitative estimate of drug-likeness (QED) is 0.663. The van der Waals surface area contributed by atoms with Crippen LogP contribution in [0.3, 0.4) is 0 Å². The fourth-order valence-corrected chi connectivity index (χ4v) is 2.43. The van der Waals surface area contributed by atoms with Crippen LogP contribution in [0.2, 0.25) is 0 Å². The predicted octanol–water partition coefficient (Wildman–Crippen LogP) is 4.08. The normalized spacial score (nSPS) is 10.3. The standard InChI is InChI=1S/C15H22O2S/c1-13(16)18-12-6-4-3-5-7-14-8-10-15(17-2)11-9-14/h8-11H,3-7,12H2,1-2H3. The monoisotopic (exact) mass is 266 g/mol. The minimum atomic E-state index is 0.230. The van der Waals surface area contributed by atoms with Crippen LogP contribution in [0.25, 0.3) is 0 Å². The Morgan fingerprint density at radius 3 is 2.39 bits per heavy atom. The molecule has 0 aliphatic heterocycles. The first kappa shape index (κ1) is 15.1. The molecule has 0 amide bonds. The van der Waals surface area contributed by atoms with E-state index in [9.17, 15) is 4.79 Å². The summed E-state index contributed by atoms with van der Waals surface area (Å²) >= 11 is 1.44. The Morgan fingerprint density at radius 2 is 1.78 bits per heavy atom. The summed E-state index contributed by atoms with van der Waals surface area (Å²) in [4.78, 5) is 10.7. The minimum absolute atomic E-state index is 0.230. The summed E-state index contributed by atoms with van der Waals surface area (Å²) in [6.45, 7) is 1.63. The number of hydrogen-bond acceptors (Lipinski definition) is 3. The predicted molar refractivity (Wildman–Crippen MR) is 78.3 cm³/mol.